The third-order valence-corrected chi connectivity index (χ3v) is 3.07. The highest BCUT2D eigenvalue weighted by molar-refractivity contribution is 5.78. The van der Waals surface area contributed by atoms with Crippen molar-refractivity contribution in [2.45, 2.75) is 31.9 Å². The Bertz CT molecular complexity index is 434. The van der Waals surface area contributed by atoms with Crippen molar-refractivity contribution in [2.75, 3.05) is 26.4 Å². The zero-order valence-electron chi connectivity index (χ0n) is 11.5. The van der Waals surface area contributed by atoms with Gasteiger partial charge in [-0.3, -0.25) is 4.79 Å². The molecule has 1 aliphatic rings. The summed E-state index contributed by atoms with van der Waals surface area (Å²) < 4.78 is 15.9. The largest absolute Gasteiger partial charge is 0.394 e. The lowest BCUT2D eigenvalue weighted by atomic mass is 10.1. The number of aliphatic hydroxyl groups is 1. The number of amides is 1. The molecule has 2 N–H and O–H groups in total. The van der Waals surface area contributed by atoms with E-state index in [0.29, 0.717) is 25.4 Å². The molecule has 0 saturated carbocycles. The number of nitrogens with one attached hydrogen (secondary N) is 1. The average Bonchev–Trinajstić information content (AvgIpc) is 2.83. The smallest absolute Gasteiger partial charge is 0.228 e. The monoisotopic (exact) mass is 284 g/mol. The Labute approximate surface area is 117 Å². The highest BCUT2D eigenvalue weighted by atomic mass is 16.5. The predicted octanol–water partition coefficient (Wildman–Crippen LogP) is -0.192. The number of aliphatic hydroxyl groups excluding tert-OH is 1. The van der Waals surface area contributed by atoms with Gasteiger partial charge in [-0.05, 0) is 13.3 Å². The van der Waals surface area contributed by atoms with E-state index in [2.05, 4.69) is 10.5 Å². The Hall–Kier alpha value is -1.44. The van der Waals surface area contributed by atoms with Gasteiger partial charge in [0, 0.05) is 12.7 Å². The van der Waals surface area contributed by atoms with E-state index < -0.39 is 0 Å². The Balaban J connectivity index is 1.84. The van der Waals surface area contributed by atoms with E-state index in [-0.39, 0.29) is 37.7 Å². The first kappa shape index (κ1) is 15.0. The van der Waals surface area contributed by atoms with Crippen molar-refractivity contribution in [2.24, 2.45) is 0 Å². The van der Waals surface area contributed by atoms with Crippen LogP contribution in [0.15, 0.2) is 10.6 Å². The summed E-state index contributed by atoms with van der Waals surface area (Å²) in [7, 11) is 0. The number of aromatic nitrogens is 1. The normalized spacial score (nSPS) is 22.7. The fourth-order valence-electron chi connectivity index (χ4n) is 2.17. The van der Waals surface area contributed by atoms with E-state index in [1.54, 1.807) is 13.0 Å². The van der Waals surface area contributed by atoms with Gasteiger partial charge in [-0.1, -0.05) is 5.16 Å². The average molecular weight is 284 g/mol. The maximum atomic E-state index is 11.9. The molecule has 1 aromatic heterocycles. The van der Waals surface area contributed by atoms with Gasteiger partial charge in [-0.2, -0.15) is 0 Å². The van der Waals surface area contributed by atoms with Crippen LogP contribution >= 0.6 is 0 Å². The SMILES string of the molecule is Cc1cc(CC(=O)N[C@@H]2COCC[C@@H]2OCCO)on1. The zero-order valence-corrected chi connectivity index (χ0v) is 11.5. The van der Waals surface area contributed by atoms with Crippen LogP contribution in [0.25, 0.3) is 0 Å². The summed E-state index contributed by atoms with van der Waals surface area (Å²) in [6.45, 7) is 3.05. The molecule has 2 rings (SSSR count). The van der Waals surface area contributed by atoms with E-state index in [9.17, 15) is 4.79 Å². The quantitative estimate of drug-likeness (QED) is 0.752. The van der Waals surface area contributed by atoms with Crippen LogP contribution in [-0.4, -0.2) is 54.7 Å². The van der Waals surface area contributed by atoms with E-state index in [1.165, 1.54) is 0 Å². The highest BCUT2D eigenvalue weighted by Crippen LogP contribution is 2.12. The van der Waals surface area contributed by atoms with Crippen molar-refractivity contribution < 1.29 is 23.9 Å². The van der Waals surface area contributed by atoms with Crippen LogP contribution in [0.4, 0.5) is 0 Å². The van der Waals surface area contributed by atoms with Crippen LogP contribution in [0.5, 0.6) is 0 Å². The van der Waals surface area contributed by atoms with Gasteiger partial charge in [-0.25, -0.2) is 0 Å². The molecule has 0 aromatic carbocycles. The minimum absolute atomic E-state index is 0.0324. The Morgan fingerprint density at radius 2 is 2.50 bits per heavy atom. The summed E-state index contributed by atoms with van der Waals surface area (Å²) in [5, 5.41) is 15.4. The second kappa shape index (κ2) is 7.37. The molecule has 0 radical (unpaired) electrons. The van der Waals surface area contributed by atoms with Gasteiger partial charge in [0.2, 0.25) is 5.91 Å². The number of aryl methyl sites for hydroxylation is 1. The summed E-state index contributed by atoms with van der Waals surface area (Å²) in [6, 6.07) is 1.53. The number of hydrogen-bond acceptors (Lipinski definition) is 6. The van der Waals surface area contributed by atoms with E-state index in [1.807, 2.05) is 0 Å². The molecule has 112 valence electrons. The minimum atomic E-state index is -0.202. The number of rotatable bonds is 6. The van der Waals surface area contributed by atoms with Gasteiger partial charge in [0.15, 0.2) is 0 Å². The van der Waals surface area contributed by atoms with Crippen molar-refractivity contribution in [3.63, 3.8) is 0 Å². The molecular formula is C13H20N2O5. The summed E-state index contributed by atoms with van der Waals surface area (Å²) in [5.41, 5.74) is 0.748. The first-order valence-electron chi connectivity index (χ1n) is 6.71. The van der Waals surface area contributed by atoms with Gasteiger partial charge < -0.3 is 24.4 Å². The maximum absolute atomic E-state index is 11.9. The number of nitrogens with zero attached hydrogens (tertiary/aromatic N) is 1. The fraction of sp³-hybridized carbons (Fsp3) is 0.692. The van der Waals surface area contributed by atoms with Gasteiger partial charge in [0.05, 0.1) is 44.1 Å². The van der Waals surface area contributed by atoms with Crippen molar-refractivity contribution in [3.05, 3.63) is 17.5 Å². The van der Waals surface area contributed by atoms with Crippen molar-refractivity contribution in [3.8, 4) is 0 Å². The molecule has 7 heteroatoms. The molecule has 2 heterocycles. The summed E-state index contributed by atoms with van der Waals surface area (Å²) in [4.78, 5) is 11.9. The van der Waals surface area contributed by atoms with Gasteiger partial charge in [0.1, 0.15) is 5.76 Å². The van der Waals surface area contributed by atoms with E-state index in [4.69, 9.17) is 19.1 Å². The van der Waals surface area contributed by atoms with Crippen LogP contribution in [0.3, 0.4) is 0 Å². The lowest BCUT2D eigenvalue weighted by Crippen LogP contribution is -2.51. The van der Waals surface area contributed by atoms with Crippen LogP contribution in [0, 0.1) is 6.92 Å². The van der Waals surface area contributed by atoms with Crippen LogP contribution in [0.2, 0.25) is 0 Å². The standard InChI is InChI=1S/C13H20N2O5/c1-9-6-10(20-15-9)7-13(17)14-11-8-18-4-2-12(11)19-5-3-16/h6,11-12,16H,2-5,7-8H2,1H3,(H,14,17)/t11-,12+/m1/s1. The molecule has 0 bridgehead atoms. The third kappa shape index (κ3) is 4.29. The fourth-order valence-corrected chi connectivity index (χ4v) is 2.17. The number of carbonyl (C=O) groups excluding carboxylic acids is 1. The lowest BCUT2D eigenvalue weighted by molar-refractivity contribution is -0.126. The number of hydrogen-bond donors (Lipinski definition) is 2. The number of carbonyl (C=O) groups is 1. The second-order valence-corrected chi connectivity index (χ2v) is 4.78. The molecule has 20 heavy (non-hydrogen) atoms. The minimum Gasteiger partial charge on any atom is -0.394 e. The van der Waals surface area contributed by atoms with Crippen molar-refractivity contribution in [1.82, 2.24) is 10.5 Å². The Kier molecular flexibility index (Phi) is 5.51. The molecule has 1 amide bonds. The molecular weight excluding hydrogens is 264 g/mol. The van der Waals surface area contributed by atoms with Crippen LogP contribution in [0.1, 0.15) is 17.9 Å². The molecule has 0 aliphatic carbocycles. The number of ether oxygens (including phenoxy) is 2. The summed E-state index contributed by atoms with van der Waals surface area (Å²) in [5.74, 6) is 0.374. The molecule has 1 fully saturated rings. The first-order chi connectivity index (χ1) is 9.69. The van der Waals surface area contributed by atoms with Crippen molar-refractivity contribution >= 4 is 5.91 Å². The van der Waals surface area contributed by atoms with Gasteiger partial charge >= 0.3 is 0 Å². The van der Waals surface area contributed by atoms with Gasteiger partial charge in [0.25, 0.3) is 0 Å². The molecule has 0 unspecified atom stereocenters. The maximum Gasteiger partial charge on any atom is 0.228 e. The van der Waals surface area contributed by atoms with Gasteiger partial charge in [-0.15, -0.1) is 0 Å². The van der Waals surface area contributed by atoms with E-state index in [0.717, 1.165) is 5.69 Å². The second-order valence-electron chi connectivity index (χ2n) is 4.78. The highest BCUT2D eigenvalue weighted by Gasteiger charge is 2.28. The lowest BCUT2D eigenvalue weighted by Gasteiger charge is -2.31. The first-order valence-corrected chi connectivity index (χ1v) is 6.71. The third-order valence-electron chi connectivity index (χ3n) is 3.07. The van der Waals surface area contributed by atoms with Crippen LogP contribution < -0.4 is 5.32 Å². The van der Waals surface area contributed by atoms with E-state index >= 15 is 0 Å². The molecule has 7 nitrogen and oxygen atoms in total. The Morgan fingerprint density at radius 3 is 3.20 bits per heavy atom. The molecule has 1 aliphatic heterocycles. The predicted molar refractivity (Wildman–Crippen MR) is 69.1 cm³/mol. The van der Waals surface area contributed by atoms with Crippen LogP contribution in [-0.2, 0) is 20.7 Å². The molecule has 2 atom stereocenters. The molecule has 0 spiro atoms. The summed E-state index contributed by atoms with van der Waals surface area (Å²) in [6.07, 6.45) is 0.715. The molecule has 1 aromatic rings. The Morgan fingerprint density at radius 1 is 1.65 bits per heavy atom. The summed E-state index contributed by atoms with van der Waals surface area (Å²) >= 11 is 0. The zero-order chi connectivity index (χ0) is 14.4. The topological polar surface area (TPSA) is 93.8 Å². The molecule has 1 saturated heterocycles. The van der Waals surface area contributed by atoms with Crippen molar-refractivity contribution in [1.29, 1.82) is 0 Å².